The van der Waals surface area contributed by atoms with E-state index in [1.165, 1.54) is 12.1 Å². The minimum Gasteiger partial charge on any atom is -0.334 e. The lowest BCUT2D eigenvalue weighted by Crippen LogP contribution is -2.06. The molecule has 0 unspecified atom stereocenters. The largest absolute Gasteiger partial charge is 0.334 e. The topological polar surface area (TPSA) is 73.1 Å². The predicted molar refractivity (Wildman–Crippen MR) is 77.0 cm³/mol. The SMILES string of the molecule is O=S(=O)(Cc1noc(-c2ccccc2)n1)c1ccc(F)cc1. The highest BCUT2D eigenvalue weighted by Crippen LogP contribution is 2.19. The Hall–Kier alpha value is -2.54. The minimum atomic E-state index is -3.65. The average molecular weight is 318 g/mol. The Labute approximate surface area is 126 Å². The number of nitrogens with zero attached hydrogens (tertiary/aromatic N) is 2. The molecule has 7 heteroatoms. The van der Waals surface area contributed by atoms with Crippen molar-refractivity contribution in [3.63, 3.8) is 0 Å². The van der Waals surface area contributed by atoms with E-state index in [1.807, 2.05) is 18.2 Å². The first-order valence-electron chi connectivity index (χ1n) is 6.41. The van der Waals surface area contributed by atoms with Crippen LogP contribution in [0.25, 0.3) is 11.5 Å². The Kier molecular flexibility index (Phi) is 3.72. The molecule has 0 fully saturated rings. The molecule has 0 N–H and O–H groups in total. The molecule has 1 aromatic heterocycles. The summed E-state index contributed by atoms with van der Waals surface area (Å²) in [6.45, 7) is 0. The normalized spacial score (nSPS) is 11.5. The van der Waals surface area contributed by atoms with Crippen molar-refractivity contribution in [2.24, 2.45) is 0 Å². The molecular weight excluding hydrogens is 307 g/mol. The first kappa shape index (κ1) is 14.4. The van der Waals surface area contributed by atoms with Gasteiger partial charge in [-0.2, -0.15) is 4.98 Å². The minimum absolute atomic E-state index is 0.0139. The second-order valence-electron chi connectivity index (χ2n) is 4.59. The maximum Gasteiger partial charge on any atom is 0.257 e. The Morgan fingerprint density at radius 2 is 1.68 bits per heavy atom. The summed E-state index contributed by atoms with van der Waals surface area (Å²) < 4.78 is 42.4. The van der Waals surface area contributed by atoms with Gasteiger partial charge in [0.1, 0.15) is 11.6 Å². The zero-order valence-electron chi connectivity index (χ0n) is 11.3. The zero-order valence-corrected chi connectivity index (χ0v) is 12.1. The van der Waals surface area contributed by atoms with Gasteiger partial charge in [0.25, 0.3) is 5.89 Å². The molecule has 22 heavy (non-hydrogen) atoms. The monoisotopic (exact) mass is 318 g/mol. The van der Waals surface area contributed by atoms with Crippen molar-refractivity contribution >= 4 is 9.84 Å². The van der Waals surface area contributed by atoms with E-state index in [0.717, 1.165) is 12.1 Å². The van der Waals surface area contributed by atoms with Gasteiger partial charge >= 0.3 is 0 Å². The first-order chi connectivity index (χ1) is 10.5. The van der Waals surface area contributed by atoms with Crippen molar-refractivity contribution in [2.45, 2.75) is 10.6 Å². The summed E-state index contributed by atoms with van der Waals surface area (Å²) >= 11 is 0. The second kappa shape index (κ2) is 5.69. The molecule has 0 atom stereocenters. The van der Waals surface area contributed by atoms with Crippen LogP contribution in [-0.2, 0) is 15.6 Å². The molecular formula is C15H11FN2O3S. The van der Waals surface area contributed by atoms with Gasteiger partial charge in [-0.3, -0.25) is 0 Å². The molecule has 0 spiro atoms. The maximum atomic E-state index is 12.9. The average Bonchev–Trinajstić information content (AvgIpc) is 2.96. The zero-order chi connectivity index (χ0) is 15.6. The fourth-order valence-corrected chi connectivity index (χ4v) is 3.08. The Bertz CT molecular complexity index is 875. The van der Waals surface area contributed by atoms with Gasteiger partial charge in [0, 0.05) is 5.56 Å². The summed E-state index contributed by atoms with van der Waals surface area (Å²) in [6.07, 6.45) is 0. The highest BCUT2D eigenvalue weighted by atomic mass is 32.2. The molecule has 112 valence electrons. The van der Waals surface area contributed by atoms with Gasteiger partial charge in [0.05, 0.1) is 4.90 Å². The van der Waals surface area contributed by atoms with Crippen LogP contribution >= 0.6 is 0 Å². The van der Waals surface area contributed by atoms with Crippen molar-refractivity contribution in [3.05, 3.63) is 66.2 Å². The van der Waals surface area contributed by atoms with E-state index in [9.17, 15) is 12.8 Å². The molecule has 0 bridgehead atoms. The molecule has 0 saturated carbocycles. The van der Waals surface area contributed by atoms with Gasteiger partial charge < -0.3 is 4.52 Å². The summed E-state index contributed by atoms with van der Waals surface area (Å²) in [5, 5.41) is 3.68. The van der Waals surface area contributed by atoms with E-state index in [4.69, 9.17) is 4.52 Å². The van der Waals surface area contributed by atoms with Gasteiger partial charge in [-0.25, -0.2) is 12.8 Å². The van der Waals surface area contributed by atoms with Crippen LogP contribution in [0.2, 0.25) is 0 Å². The van der Waals surface area contributed by atoms with Gasteiger partial charge in [-0.1, -0.05) is 23.4 Å². The summed E-state index contributed by atoms with van der Waals surface area (Å²) in [5.41, 5.74) is 0.709. The third-order valence-corrected chi connectivity index (χ3v) is 4.61. The molecule has 5 nitrogen and oxygen atoms in total. The van der Waals surface area contributed by atoms with Crippen LogP contribution in [0.1, 0.15) is 5.82 Å². The number of benzene rings is 2. The maximum absolute atomic E-state index is 12.9. The molecule has 0 aliphatic heterocycles. The highest BCUT2D eigenvalue weighted by molar-refractivity contribution is 7.90. The van der Waals surface area contributed by atoms with E-state index < -0.39 is 21.4 Å². The van der Waals surface area contributed by atoms with E-state index in [2.05, 4.69) is 10.1 Å². The van der Waals surface area contributed by atoms with Crippen LogP contribution in [0.3, 0.4) is 0 Å². The molecule has 0 aliphatic rings. The van der Waals surface area contributed by atoms with E-state index in [-0.39, 0.29) is 16.6 Å². The summed E-state index contributed by atoms with van der Waals surface area (Å²) in [5.74, 6) is -0.590. The van der Waals surface area contributed by atoms with Crippen LogP contribution < -0.4 is 0 Å². The molecule has 3 aromatic rings. The fourth-order valence-electron chi connectivity index (χ4n) is 1.91. The predicted octanol–water partition coefficient (Wildman–Crippen LogP) is 2.85. The molecule has 2 aromatic carbocycles. The summed E-state index contributed by atoms with van der Waals surface area (Å²) in [7, 11) is -3.65. The third-order valence-electron chi connectivity index (χ3n) is 2.98. The summed E-state index contributed by atoms with van der Waals surface area (Å²) in [6, 6.07) is 13.7. The van der Waals surface area contributed by atoms with Gasteiger partial charge in [0.2, 0.25) is 0 Å². The first-order valence-corrected chi connectivity index (χ1v) is 8.06. The lowest BCUT2D eigenvalue weighted by molar-refractivity contribution is 0.424. The van der Waals surface area contributed by atoms with Crippen molar-refractivity contribution in [2.75, 3.05) is 0 Å². The van der Waals surface area contributed by atoms with Crippen LogP contribution in [0.4, 0.5) is 4.39 Å². The van der Waals surface area contributed by atoms with Crippen LogP contribution in [0.15, 0.2) is 64.0 Å². The molecule has 0 amide bonds. The Morgan fingerprint density at radius 3 is 2.36 bits per heavy atom. The van der Waals surface area contributed by atoms with Gasteiger partial charge in [-0.15, -0.1) is 0 Å². The molecule has 0 radical (unpaired) electrons. The number of hydrogen-bond donors (Lipinski definition) is 0. The molecule has 0 aliphatic carbocycles. The quantitative estimate of drug-likeness (QED) is 0.692. The van der Waals surface area contributed by atoms with Crippen molar-refractivity contribution in [1.29, 1.82) is 0 Å². The van der Waals surface area contributed by atoms with Gasteiger partial charge in [-0.05, 0) is 36.4 Å². The number of sulfone groups is 1. The van der Waals surface area contributed by atoms with Crippen molar-refractivity contribution in [3.8, 4) is 11.5 Å². The smallest absolute Gasteiger partial charge is 0.257 e. The lowest BCUT2D eigenvalue weighted by atomic mass is 10.2. The van der Waals surface area contributed by atoms with Crippen LogP contribution in [0.5, 0.6) is 0 Å². The number of halogens is 1. The Balaban J connectivity index is 1.84. The van der Waals surface area contributed by atoms with Crippen molar-refractivity contribution < 1.29 is 17.3 Å². The van der Waals surface area contributed by atoms with Crippen LogP contribution in [-0.4, -0.2) is 18.6 Å². The summed E-state index contributed by atoms with van der Waals surface area (Å²) in [4.78, 5) is 4.09. The van der Waals surface area contributed by atoms with Crippen LogP contribution in [0, 0.1) is 5.82 Å². The molecule has 1 heterocycles. The molecule has 3 rings (SSSR count). The van der Waals surface area contributed by atoms with E-state index in [0.29, 0.717) is 5.56 Å². The van der Waals surface area contributed by atoms with Gasteiger partial charge in [0.15, 0.2) is 15.7 Å². The second-order valence-corrected chi connectivity index (χ2v) is 6.58. The Morgan fingerprint density at radius 1 is 1.00 bits per heavy atom. The number of hydrogen-bond acceptors (Lipinski definition) is 5. The fraction of sp³-hybridized carbons (Fsp3) is 0.0667. The highest BCUT2D eigenvalue weighted by Gasteiger charge is 2.19. The lowest BCUT2D eigenvalue weighted by Gasteiger charge is -2.00. The number of rotatable bonds is 4. The van der Waals surface area contributed by atoms with E-state index in [1.54, 1.807) is 12.1 Å². The standard InChI is InChI=1S/C15H11FN2O3S/c16-12-6-8-13(9-7-12)22(19,20)10-14-17-15(21-18-14)11-4-2-1-3-5-11/h1-9H,10H2. The third kappa shape index (κ3) is 3.04. The van der Waals surface area contributed by atoms with E-state index >= 15 is 0 Å². The number of aromatic nitrogens is 2. The molecule has 0 saturated heterocycles. The van der Waals surface area contributed by atoms with Crippen molar-refractivity contribution in [1.82, 2.24) is 10.1 Å².